The molecule has 8 nitrogen and oxygen atoms in total. The predicted molar refractivity (Wildman–Crippen MR) is 122 cm³/mol. The molecule has 0 spiro atoms. The zero-order valence-corrected chi connectivity index (χ0v) is 19.5. The quantitative estimate of drug-likeness (QED) is 0.609. The lowest BCUT2D eigenvalue weighted by atomic mass is 9.95. The van der Waals surface area contributed by atoms with E-state index in [0.29, 0.717) is 25.1 Å². The number of nitrogens with one attached hydrogen (secondary N) is 2. The molecule has 1 saturated heterocycles. The summed E-state index contributed by atoms with van der Waals surface area (Å²) in [5.74, 6) is -1.61. The minimum Gasteiger partial charge on any atom is -0.344 e. The van der Waals surface area contributed by atoms with Crippen LogP contribution in [0.25, 0.3) is 0 Å². The molecule has 10 heteroatoms. The first-order valence-corrected chi connectivity index (χ1v) is 12.4. The van der Waals surface area contributed by atoms with Crippen LogP contribution in [-0.4, -0.2) is 48.7 Å². The SMILES string of the molecule is CC[C@@H](C)[C@H](NC(=O)[C@@H]1CCCN(S(=O)(=O)c2ccc(F)cc2)C1)C(=O)Nc1ccccn1. The molecule has 2 heterocycles. The fourth-order valence-corrected chi connectivity index (χ4v) is 5.27. The fourth-order valence-electron chi connectivity index (χ4n) is 3.74. The summed E-state index contributed by atoms with van der Waals surface area (Å²) in [6, 6.07) is 8.98. The Bertz CT molecular complexity index is 1060. The summed E-state index contributed by atoms with van der Waals surface area (Å²) in [6.07, 6.45) is 3.24. The first-order valence-electron chi connectivity index (χ1n) is 11.0. The van der Waals surface area contributed by atoms with Gasteiger partial charge in [-0.15, -0.1) is 0 Å². The average Bonchev–Trinajstić information content (AvgIpc) is 2.82. The molecule has 2 N–H and O–H groups in total. The zero-order valence-electron chi connectivity index (χ0n) is 18.7. The van der Waals surface area contributed by atoms with Gasteiger partial charge in [0.2, 0.25) is 21.8 Å². The van der Waals surface area contributed by atoms with E-state index in [0.717, 1.165) is 12.1 Å². The maximum absolute atomic E-state index is 13.2. The van der Waals surface area contributed by atoms with E-state index in [4.69, 9.17) is 0 Å². The highest BCUT2D eigenvalue weighted by Gasteiger charge is 2.35. The molecule has 0 aliphatic carbocycles. The minimum absolute atomic E-state index is 0.000624. The number of rotatable bonds is 8. The number of amides is 2. The fraction of sp³-hybridized carbons (Fsp3) is 0.435. The molecule has 0 radical (unpaired) electrons. The number of aromatic nitrogens is 1. The number of pyridine rings is 1. The van der Waals surface area contributed by atoms with E-state index in [1.807, 2.05) is 13.8 Å². The first-order chi connectivity index (χ1) is 15.7. The molecule has 3 rings (SSSR count). The molecule has 1 aromatic heterocycles. The Hall–Kier alpha value is -2.85. The Balaban J connectivity index is 1.70. The second-order valence-corrected chi connectivity index (χ2v) is 10.2. The van der Waals surface area contributed by atoms with Gasteiger partial charge < -0.3 is 10.6 Å². The summed E-state index contributed by atoms with van der Waals surface area (Å²) in [7, 11) is -3.85. The molecule has 2 aromatic rings. The van der Waals surface area contributed by atoms with Gasteiger partial charge in [0.05, 0.1) is 10.8 Å². The van der Waals surface area contributed by atoms with Crippen molar-refractivity contribution < 1.29 is 22.4 Å². The lowest BCUT2D eigenvalue weighted by Crippen LogP contribution is -2.52. The maximum Gasteiger partial charge on any atom is 0.248 e. The number of anilines is 1. The van der Waals surface area contributed by atoms with Crippen molar-refractivity contribution in [3.05, 3.63) is 54.5 Å². The molecule has 2 amide bonds. The van der Waals surface area contributed by atoms with Crippen LogP contribution in [0.2, 0.25) is 0 Å². The number of hydrogen-bond donors (Lipinski definition) is 2. The van der Waals surface area contributed by atoms with Crippen molar-refractivity contribution in [1.82, 2.24) is 14.6 Å². The van der Waals surface area contributed by atoms with Gasteiger partial charge in [-0.1, -0.05) is 26.3 Å². The van der Waals surface area contributed by atoms with Gasteiger partial charge in [0, 0.05) is 19.3 Å². The first kappa shape index (κ1) is 24.8. The number of nitrogens with zero attached hydrogens (tertiary/aromatic N) is 2. The van der Waals surface area contributed by atoms with Crippen LogP contribution in [0, 0.1) is 17.7 Å². The van der Waals surface area contributed by atoms with Crippen molar-refractivity contribution in [2.75, 3.05) is 18.4 Å². The number of halogens is 1. The third-order valence-corrected chi connectivity index (χ3v) is 7.80. The normalized spacial score (nSPS) is 18.8. The lowest BCUT2D eigenvalue weighted by molar-refractivity contribution is -0.131. The van der Waals surface area contributed by atoms with Gasteiger partial charge in [-0.3, -0.25) is 9.59 Å². The van der Waals surface area contributed by atoms with Crippen molar-refractivity contribution in [2.45, 2.75) is 44.0 Å². The summed E-state index contributed by atoms with van der Waals surface area (Å²) in [5.41, 5.74) is 0. The van der Waals surface area contributed by atoms with Crippen molar-refractivity contribution in [3.63, 3.8) is 0 Å². The van der Waals surface area contributed by atoms with E-state index >= 15 is 0 Å². The van der Waals surface area contributed by atoms with Crippen molar-refractivity contribution >= 4 is 27.7 Å². The van der Waals surface area contributed by atoms with E-state index in [1.54, 1.807) is 24.4 Å². The smallest absolute Gasteiger partial charge is 0.248 e. The lowest BCUT2D eigenvalue weighted by Gasteiger charge is -2.32. The van der Waals surface area contributed by atoms with Gasteiger partial charge in [-0.05, 0) is 55.2 Å². The molecular weight excluding hydrogens is 447 g/mol. The molecule has 1 fully saturated rings. The minimum atomic E-state index is -3.85. The van der Waals surface area contributed by atoms with Gasteiger partial charge in [-0.25, -0.2) is 17.8 Å². The van der Waals surface area contributed by atoms with E-state index in [2.05, 4.69) is 15.6 Å². The van der Waals surface area contributed by atoms with E-state index < -0.39 is 27.8 Å². The number of carbonyl (C=O) groups is 2. The molecule has 178 valence electrons. The predicted octanol–water partition coefficient (Wildman–Crippen LogP) is 2.79. The van der Waals surface area contributed by atoms with Crippen LogP contribution in [0.5, 0.6) is 0 Å². The van der Waals surface area contributed by atoms with Crippen LogP contribution < -0.4 is 10.6 Å². The topological polar surface area (TPSA) is 108 Å². The Morgan fingerprint density at radius 3 is 2.58 bits per heavy atom. The van der Waals surface area contributed by atoms with Gasteiger partial charge in [0.15, 0.2) is 0 Å². The Labute approximate surface area is 193 Å². The van der Waals surface area contributed by atoms with Crippen LogP contribution in [0.15, 0.2) is 53.6 Å². The summed E-state index contributed by atoms with van der Waals surface area (Å²) in [6.45, 7) is 4.07. The molecule has 0 saturated carbocycles. The Morgan fingerprint density at radius 1 is 1.21 bits per heavy atom. The van der Waals surface area contributed by atoms with E-state index in [1.165, 1.54) is 16.4 Å². The van der Waals surface area contributed by atoms with Gasteiger partial charge in [0.25, 0.3) is 0 Å². The van der Waals surface area contributed by atoms with Crippen molar-refractivity contribution in [1.29, 1.82) is 0 Å². The second-order valence-electron chi connectivity index (χ2n) is 8.23. The molecule has 0 bridgehead atoms. The van der Waals surface area contributed by atoms with Gasteiger partial charge in [-0.2, -0.15) is 4.31 Å². The number of carbonyl (C=O) groups excluding carboxylic acids is 2. The molecule has 1 aliphatic rings. The van der Waals surface area contributed by atoms with Crippen LogP contribution in [0.4, 0.5) is 10.2 Å². The largest absolute Gasteiger partial charge is 0.344 e. The van der Waals surface area contributed by atoms with Crippen LogP contribution in [0.3, 0.4) is 0 Å². The summed E-state index contributed by atoms with van der Waals surface area (Å²) in [4.78, 5) is 30.0. The molecule has 3 atom stereocenters. The van der Waals surface area contributed by atoms with Crippen LogP contribution in [-0.2, 0) is 19.6 Å². The van der Waals surface area contributed by atoms with E-state index in [9.17, 15) is 22.4 Å². The monoisotopic (exact) mass is 476 g/mol. The van der Waals surface area contributed by atoms with Crippen molar-refractivity contribution in [2.24, 2.45) is 11.8 Å². The number of piperidine rings is 1. The average molecular weight is 477 g/mol. The Morgan fingerprint density at radius 2 is 1.94 bits per heavy atom. The standard InChI is InChI=1S/C23H29FN4O4S/c1-3-16(2)21(23(30)26-20-8-4-5-13-25-20)27-22(29)17-7-6-14-28(15-17)33(31,32)19-11-9-18(24)10-12-19/h4-5,8-13,16-17,21H,3,6-7,14-15H2,1-2H3,(H,27,29)(H,25,26,30)/t16-,17-,21+/m1/s1. The van der Waals surface area contributed by atoms with Gasteiger partial charge >= 0.3 is 0 Å². The molecule has 1 aromatic carbocycles. The summed E-state index contributed by atoms with van der Waals surface area (Å²) < 4.78 is 40.4. The molecule has 0 unspecified atom stereocenters. The third kappa shape index (κ3) is 6.14. The second kappa shape index (κ2) is 10.8. The summed E-state index contributed by atoms with van der Waals surface area (Å²) >= 11 is 0. The van der Waals surface area contributed by atoms with Gasteiger partial charge in [0.1, 0.15) is 17.7 Å². The number of sulfonamides is 1. The number of benzene rings is 1. The number of hydrogen-bond acceptors (Lipinski definition) is 5. The maximum atomic E-state index is 13.2. The molecular formula is C23H29FN4O4S. The van der Waals surface area contributed by atoms with E-state index in [-0.39, 0.29) is 35.7 Å². The third-order valence-electron chi connectivity index (χ3n) is 5.92. The highest BCUT2D eigenvalue weighted by molar-refractivity contribution is 7.89. The van der Waals surface area contributed by atoms with Crippen molar-refractivity contribution in [3.8, 4) is 0 Å². The highest BCUT2D eigenvalue weighted by atomic mass is 32.2. The summed E-state index contributed by atoms with van der Waals surface area (Å²) in [5, 5.41) is 5.55. The molecule has 1 aliphatic heterocycles. The highest BCUT2D eigenvalue weighted by Crippen LogP contribution is 2.24. The van der Waals surface area contributed by atoms with Crippen LogP contribution >= 0.6 is 0 Å². The van der Waals surface area contributed by atoms with Crippen LogP contribution in [0.1, 0.15) is 33.1 Å². The zero-order chi connectivity index (χ0) is 24.0. The molecule has 33 heavy (non-hydrogen) atoms. The Kier molecular flexibility index (Phi) is 8.15.